The van der Waals surface area contributed by atoms with Gasteiger partial charge in [0.25, 0.3) is 5.56 Å². The Morgan fingerprint density at radius 1 is 0.960 bits per heavy atom. The molecule has 7 rings (SSSR count). The molecule has 2 aromatic heterocycles. The zero-order chi connectivity index (χ0) is 34.9. The number of esters is 1. The minimum absolute atomic E-state index is 0.145. The quantitative estimate of drug-likeness (QED) is 0.147. The summed E-state index contributed by atoms with van der Waals surface area (Å²) < 4.78 is 21.0. The zero-order valence-electron chi connectivity index (χ0n) is 27.4. The van der Waals surface area contributed by atoms with Crippen LogP contribution in [0.15, 0.2) is 113 Å². The molecule has 1 atom stereocenters. The van der Waals surface area contributed by atoms with Gasteiger partial charge in [0.05, 0.1) is 36.6 Å². The molecular weight excluding hydrogens is 693 g/mol. The molecule has 0 fully saturated rings. The zero-order valence-corrected chi connectivity index (χ0v) is 29.7. The molecule has 0 aliphatic carbocycles. The monoisotopic (exact) mass is 723 g/mol. The number of methoxy groups -OCH3 is 2. The van der Waals surface area contributed by atoms with Gasteiger partial charge in [-0.3, -0.25) is 9.36 Å². The van der Waals surface area contributed by atoms with Gasteiger partial charge in [0.2, 0.25) is 0 Å². The third-order valence-corrected chi connectivity index (χ3v) is 10.1. The van der Waals surface area contributed by atoms with Crippen LogP contribution in [0.2, 0.25) is 10.0 Å². The van der Waals surface area contributed by atoms with E-state index in [1.54, 1.807) is 43.9 Å². The molecule has 8 nitrogen and oxygen atoms in total. The lowest BCUT2D eigenvalue weighted by Gasteiger charge is -2.27. The SMILES string of the molecule is CCOC(=O)C1=C(c2ccccc2)N=c2s/c(=C\c3cn(Cc4ccc(Cl)cc4Cl)c4ccccc34)c(=O)n2[C@H]1c1ccc(OC)cc1OC. The maximum Gasteiger partial charge on any atom is 0.338 e. The maximum absolute atomic E-state index is 14.6. The second-order valence-corrected chi connectivity index (χ2v) is 13.4. The standard InChI is InChI=1S/C39H31Cl2N3O5S/c1-4-49-38(46)34-35(23-10-6-5-7-11-23)42-39-44(36(34)29-17-16-27(47-2)20-32(29)48-3)37(45)33(50-39)18-25-22-43(31-13-9-8-12-28(25)31)21-24-14-15-26(40)19-30(24)41/h5-20,22,36H,4,21H2,1-3H3/b33-18-/t36-/m0/s1. The molecule has 1 aliphatic rings. The van der Waals surface area contributed by atoms with Crippen LogP contribution in [0, 0.1) is 0 Å². The highest BCUT2D eigenvalue weighted by atomic mass is 35.5. The number of benzene rings is 4. The Labute approximate surface area is 301 Å². The highest BCUT2D eigenvalue weighted by molar-refractivity contribution is 7.07. The molecule has 0 unspecified atom stereocenters. The molecule has 6 aromatic rings. The van der Waals surface area contributed by atoms with Crippen LogP contribution in [0.4, 0.5) is 0 Å². The van der Waals surface area contributed by atoms with Crippen LogP contribution >= 0.6 is 34.5 Å². The Balaban J connectivity index is 1.47. The van der Waals surface area contributed by atoms with Gasteiger partial charge in [-0.15, -0.1) is 0 Å². The molecule has 0 radical (unpaired) electrons. The lowest BCUT2D eigenvalue weighted by atomic mass is 9.92. The molecule has 0 N–H and O–H groups in total. The van der Waals surface area contributed by atoms with E-state index in [9.17, 15) is 9.59 Å². The van der Waals surface area contributed by atoms with Gasteiger partial charge >= 0.3 is 5.97 Å². The van der Waals surface area contributed by atoms with Crippen molar-refractivity contribution in [1.29, 1.82) is 0 Å². The summed E-state index contributed by atoms with van der Waals surface area (Å²) >= 11 is 14.0. The number of para-hydroxylation sites is 1. The van der Waals surface area contributed by atoms with Crippen molar-refractivity contribution in [1.82, 2.24) is 9.13 Å². The Hall–Kier alpha value is -5.09. The van der Waals surface area contributed by atoms with E-state index in [2.05, 4.69) is 4.57 Å². The Bertz CT molecular complexity index is 2480. The minimum Gasteiger partial charge on any atom is -0.497 e. The molecule has 11 heteroatoms. The summed E-state index contributed by atoms with van der Waals surface area (Å²) in [6.45, 7) is 2.40. The fourth-order valence-corrected chi connectivity index (χ4v) is 7.73. The van der Waals surface area contributed by atoms with E-state index >= 15 is 0 Å². The number of ether oxygens (including phenoxy) is 3. The third-order valence-electron chi connectivity index (χ3n) is 8.57. The average Bonchev–Trinajstić information content (AvgIpc) is 3.64. The minimum atomic E-state index is -0.906. The summed E-state index contributed by atoms with van der Waals surface area (Å²) in [5.41, 5.74) is 4.41. The topological polar surface area (TPSA) is 84.1 Å². The van der Waals surface area contributed by atoms with E-state index in [-0.39, 0.29) is 17.7 Å². The summed E-state index contributed by atoms with van der Waals surface area (Å²) in [5.74, 6) is 0.444. The van der Waals surface area contributed by atoms with Crippen molar-refractivity contribution in [2.75, 3.05) is 20.8 Å². The second-order valence-electron chi connectivity index (χ2n) is 11.5. The first-order valence-corrected chi connectivity index (χ1v) is 17.4. The maximum atomic E-state index is 14.6. The van der Waals surface area contributed by atoms with E-state index in [1.807, 2.05) is 85.1 Å². The fourth-order valence-electron chi connectivity index (χ4n) is 6.27. The number of carbonyl (C=O) groups excluding carboxylic acids is 1. The summed E-state index contributed by atoms with van der Waals surface area (Å²) in [7, 11) is 3.11. The average molecular weight is 725 g/mol. The molecule has 1 aliphatic heterocycles. The van der Waals surface area contributed by atoms with Crippen molar-refractivity contribution in [2.24, 2.45) is 4.99 Å². The summed E-state index contributed by atoms with van der Waals surface area (Å²) in [6.07, 6.45) is 3.89. The summed E-state index contributed by atoms with van der Waals surface area (Å²) in [5, 5.41) is 2.11. The Kier molecular flexibility index (Phi) is 9.38. The number of carbonyl (C=O) groups is 1. The van der Waals surface area contributed by atoms with Gasteiger partial charge in [0.15, 0.2) is 4.80 Å². The number of fused-ring (bicyclic) bond motifs is 2. The largest absolute Gasteiger partial charge is 0.497 e. The lowest BCUT2D eigenvalue weighted by molar-refractivity contribution is -0.138. The molecular formula is C39H31Cl2N3O5S. The van der Waals surface area contributed by atoms with Crippen molar-refractivity contribution in [2.45, 2.75) is 19.5 Å². The summed E-state index contributed by atoms with van der Waals surface area (Å²) in [6, 6.07) is 27.3. The highest BCUT2D eigenvalue weighted by Gasteiger charge is 2.37. The fraction of sp³-hybridized carbons (Fsp3) is 0.154. The number of nitrogens with zero attached hydrogens (tertiary/aromatic N) is 3. The van der Waals surface area contributed by atoms with Crippen molar-refractivity contribution in [3.05, 3.63) is 155 Å². The van der Waals surface area contributed by atoms with Crippen LogP contribution in [0.5, 0.6) is 11.5 Å². The van der Waals surface area contributed by atoms with E-state index in [0.29, 0.717) is 48.7 Å². The Morgan fingerprint density at radius 2 is 1.74 bits per heavy atom. The van der Waals surface area contributed by atoms with Crippen LogP contribution in [-0.2, 0) is 16.1 Å². The van der Waals surface area contributed by atoms with Gasteiger partial charge in [-0.2, -0.15) is 0 Å². The van der Waals surface area contributed by atoms with E-state index in [0.717, 1.165) is 27.6 Å². The number of halogens is 2. The van der Waals surface area contributed by atoms with Crippen LogP contribution in [0.25, 0.3) is 22.7 Å². The first-order chi connectivity index (χ1) is 24.3. The van der Waals surface area contributed by atoms with E-state index in [4.69, 9.17) is 42.4 Å². The molecule has 0 saturated carbocycles. The predicted molar refractivity (Wildman–Crippen MR) is 198 cm³/mol. The van der Waals surface area contributed by atoms with Gasteiger partial charge < -0.3 is 18.8 Å². The van der Waals surface area contributed by atoms with E-state index in [1.165, 1.54) is 11.3 Å². The number of rotatable bonds is 9. The van der Waals surface area contributed by atoms with Gasteiger partial charge in [0, 0.05) is 56.4 Å². The predicted octanol–water partition coefficient (Wildman–Crippen LogP) is 7.26. The number of hydrogen-bond donors (Lipinski definition) is 0. The molecule has 0 spiro atoms. The molecule has 252 valence electrons. The Morgan fingerprint density at radius 3 is 2.48 bits per heavy atom. The smallest absolute Gasteiger partial charge is 0.338 e. The van der Waals surface area contributed by atoms with Crippen LogP contribution < -0.4 is 24.4 Å². The van der Waals surface area contributed by atoms with Crippen molar-refractivity contribution in [3.8, 4) is 11.5 Å². The van der Waals surface area contributed by atoms with Crippen molar-refractivity contribution >= 4 is 63.2 Å². The first kappa shape index (κ1) is 33.4. The number of hydrogen-bond acceptors (Lipinski definition) is 7. The van der Waals surface area contributed by atoms with Crippen LogP contribution in [0.1, 0.15) is 35.2 Å². The second kappa shape index (κ2) is 14.0. The highest BCUT2D eigenvalue weighted by Crippen LogP contribution is 2.40. The van der Waals surface area contributed by atoms with Gasteiger partial charge in [-0.1, -0.05) is 89.1 Å². The van der Waals surface area contributed by atoms with Crippen LogP contribution in [0.3, 0.4) is 0 Å². The molecule has 3 heterocycles. The third kappa shape index (κ3) is 6.13. The molecule has 0 amide bonds. The summed E-state index contributed by atoms with van der Waals surface area (Å²) in [4.78, 5) is 33.9. The van der Waals surface area contributed by atoms with Gasteiger partial charge in [-0.25, -0.2) is 9.79 Å². The molecule has 50 heavy (non-hydrogen) atoms. The lowest BCUT2D eigenvalue weighted by Crippen LogP contribution is -2.40. The molecule has 4 aromatic carbocycles. The normalized spacial score (nSPS) is 14.4. The van der Waals surface area contributed by atoms with Crippen LogP contribution in [-0.4, -0.2) is 35.9 Å². The molecule has 0 bridgehead atoms. The number of aromatic nitrogens is 2. The van der Waals surface area contributed by atoms with Gasteiger partial charge in [-0.05, 0) is 48.9 Å². The van der Waals surface area contributed by atoms with E-state index < -0.39 is 12.0 Å². The first-order valence-electron chi connectivity index (χ1n) is 15.8. The molecule has 0 saturated heterocycles. The number of thiazole rings is 1. The van der Waals surface area contributed by atoms with Gasteiger partial charge in [0.1, 0.15) is 17.5 Å². The van der Waals surface area contributed by atoms with Crippen molar-refractivity contribution in [3.63, 3.8) is 0 Å². The van der Waals surface area contributed by atoms with Crippen molar-refractivity contribution < 1.29 is 19.0 Å².